The molecule has 40 heavy (non-hydrogen) atoms. The zero-order chi connectivity index (χ0) is 28.0. The fraction of sp³-hybridized carbons (Fsp3) is 0.226. The van der Waals surface area contributed by atoms with Crippen molar-refractivity contribution >= 4 is 34.0 Å². The number of carbonyl (C=O) groups excluding carboxylic acids is 2. The fourth-order valence-corrected chi connectivity index (χ4v) is 5.41. The first-order valence-corrected chi connectivity index (χ1v) is 13.1. The van der Waals surface area contributed by atoms with E-state index in [0.717, 1.165) is 31.9 Å². The number of phenolic OH excluding ortho intramolecular Hbond substituents is 1. The van der Waals surface area contributed by atoms with Crippen LogP contribution in [0.1, 0.15) is 22.2 Å². The highest BCUT2D eigenvalue weighted by atomic mass is 16.5. The third-order valence-corrected chi connectivity index (χ3v) is 7.61. The highest BCUT2D eigenvalue weighted by molar-refractivity contribution is 6.20. The summed E-state index contributed by atoms with van der Waals surface area (Å²) in [4.78, 5) is 33.4. The maximum atomic E-state index is 13.9. The summed E-state index contributed by atoms with van der Waals surface area (Å²) in [6.07, 6.45) is 0. The zero-order valence-corrected chi connectivity index (χ0v) is 22.2. The molecule has 0 radical (unpaired) electrons. The Balaban J connectivity index is 1.40. The van der Waals surface area contributed by atoms with Gasteiger partial charge in [-0.3, -0.25) is 14.5 Å². The van der Waals surface area contributed by atoms with E-state index in [-0.39, 0.29) is 17.1 Å². The number of phenols is 1. The van der Waals surface area contributed by atoms with Crippen molar-refractivity contribution < 1.29 is 29.0 Å². The lowest BCUT2D eigenvalue weighted by atomic mass is 9.94. The number of anilines is 2. The standard InChI is InChI=1S/C31H29N3O6/c1-32-14-16-33(17-15-32)21-8-10-22(11-9-21)34-27(19-6-12-23(35)13-7-19)26(29(37)31(34)38)28(36)25-18-20-4-3-5-24(39-2)30(20)40-25/h3-13,18,27,35,37H,14-17H2,1-2H3. The first-order chi connectivity index (χ1) is 19.4. The number of hydrogen-bond donors (Lipinski definition) is 2. The molecule has 3 heterocycles. The smallest absolute Gasteiger partial charge is 0.294 e. The first-order valence-electron chi connectivity index (χ1n) is 13.1. The second-order valence-corrected chi connectivity index (χ2v) is 10.1. The number of aliphatic hydroxyl groups excluding tert-OH is 1. The molecule has 1 unspecified atom stereocenters. The molecule has 1 fully saturated rings. The van der Waals surface area contributed by atoms with Gasteiger partial charge < -0.3 is 29.2 Å². The lowest BCUT2D eigenvalue weighted by Crippen LogP contribution is -2.44. The number of aromatic hydroxyl groups is 1. The molecule has 1 atom stereocenters. The average Bonchev–Trinajstić information content (AvgIpc) is 3.53. The van der Waals surface area contributed by atoms with Crippen LogP contribution >= 0.6 is 0 Å². The number of carbonyl (C=O) groups is 2. The van der Waals surface area contributed by atoms with Crippen LogP contribution in [0.25, 0.3) is 11.0 Å². The van der Waals surface area contributed by atoms with Crippen LogP contribution in [-0.4, -0.2) is 67.1 Å². The summed E-state index contributed by atoms with van der Waals surface area (Å²) in [7, 11) is 3.61. The van der Waals surface area contributed by atoms with E-state index in [1.807, 2.05) is 24.3 Å². The Morgan fingerprint density at radius 2 is 1.60 bits per heavy atom. The highest BCUT2D eigenvalue weighted by Crippen LogP contribution is 2.43. The monoisotopic (exact) mass is 539 g/mol. The molecule has 9 heteroatoms. The summed E-state index contributed by atoms with van der Waals surface area (Å²) >= 11 is 0. The molecule has 9 nitrogen and oxygen atoms in total. The molecule has 4 aromatic rings. The number of benzene rings is 3. The number of para-hydroxylation sites is 1. The highest BCUT2D eigenvalue weighted by Gasteiger charge is 2.45. The summed E-state index contributed by atoms with van der Waals surface area (Å²) in [5.74, 6) is -1.46. The Hall–Kier alpha value is -4.76. The fourth-order valence-electron chi connectivity index (χ4n) is 5.41. The van der Waals surface area contributed by atoms with Crippen molar-refractivity contribution in [3.05, 3.63) is 95.5 Å². The van der Waals surface area contributed by atoms with Gasteiger partial charge in [0.1, 0.15) is 5.75 Å². The normalized spacial score (nSPS) is 18.1. The maximum absolute atomic E-state index is 13.9. The Labute approximate surface area is 231 Å². The predicted octanol–water partition coefficient (Wildman–Crippen LogP) is 4.68. The van der Waals surface area contributed by atoms with E-state index < -0.39 is 23.5 Å². The third-order valence-electron chi connectivity index (χ3n) is 7.61. The van der Waals surface area contributed by atoms with E-state index in [9.17, 15) is 19.8 Å². The topological polar surface area (TPSA) is 107 Å². The van der Waals surface area contributed by atoms with E-state index >= 15 is 0 Å². The Morgan fingerprint density at radius 3 is 2.27 bits per heavy atom. The first kappa shape index (κ1) is 25.5. The van der Waals surface area contributed by atoms with Gasteiger partial charge in [0.15, 0.2) is 22.9 Å². The maximum Gasteiger partial charge on any atom is 0.294 e. The summed E-state index contributed by atoms with van der Waals surface area (Å²) in [6, 6.07) is 19.7. The third kappa shape index (κ3) is 4.34. The quantitative estimate of drug-likeness (QED) is 0.340. The molecule has 6 rings (SSSR count). The largest absolute Gasteiger partial charge is 0.508 e. The number of ether oxygens (including phenoxy) is 1. The number of likely N-dealkylation sites (N-methyl/N-ethyl adjacent to an activating group) is 1. The number of methoxy groups -OCH3 is 1. The average molecular weight is 540 g/mol. The minimum Gasteiger partial charge on any atom is -0.508 e. The van der Waals surface area contributed by atoms with Gasteiger partial charge in [-0.05, 0) is 61.1 Å². The van der Waals surface area contributed by atoms with Gasteiger partial charge in [0.05, 0.1) is 18.7 Å². The van der Waals surface area contributed by atoms with Crippen LogP contribution in [-0.2, 0) is 4.79 Å². The van der Waals surface area contributed by atoms with Gasteiger partial charge in [-0.15, -0.1) is 0 Å². The Kier molecular flexibility index (Phi) is 6.43. The van der Waals surface area contributed by atoms with Gasteiger partial charge in [-0.1, -0.05) is 24.3 Å². The van der Waals surface area contributed by atoms with Crippen LogP contribution in [0.3, 0.4) is 0 Å². The molecular formula is C31H29N3O6. The summed E-state index contributed by atoms with van der Waals surface area (Å²) in [5.41, 5.74) is 2.42. The van der Waals surface area contributed by atoms with Gasteiger partial charge in [0, 0.05) is 42.9 Å². The number of aliphatic hydroxyl groups is 1. The number of amides is 1. The van der Waals surface area contributed by atoms with Crippen molar-refractivity contribution in [2.45, 2.75) is 6.04 Å². The van der Waals surface area contributed by atoms with Gasteiger partial charge in [0.25, 0.3) is 5.91 Å². The molecular weight excluding hydrogens is 510 g/mol. The van der Waals surface area contributed by atoms with E-state index in [1.165, 1.54) is 24.1 Å². The van der Waals surface area contributed by atoms with Crippen LogP contribution in [0.5, 0.6) is 11.5 Å². The SMILES string of the molecule is COc1cccc2cc(C(=O)C3=C(O)C(=O)N(c4ccc(N5CCN(C)CC5)cc4)C3c3ccc(O)cc3)oc12. The van der Waals surface area contributed by atoms with Crippen LogP contribution in [0.4, 0.5) is 11.4 Å². The molecule has 0 bridgehead atoms. The van der Waals surface area contributed by atoms with Crippen molar-refractivity contribution in [3.8, 4) is 11.5 Å². The number of nitrogens with zero attached hydrogens (tertiary/aromatic N) is 3. The lowest BCUT2D eigenvalue weighted by Gasteiger charge is -2.34. The molecule has 1 amide bonds. The molecule has 204 valence electrons. The molecule has 2 N–H and O–H groups in total. The lowest BCUT2D eigenvalue weighted by molar-refractivity contribution is -0.117. The van der Waals surface area contributed by atoms with Crippen molar-refractivity contribution in [3.63, 3.8) is 0 Å². The minimum absolute atomic E-state index is 0.0232. The Bertz CT molecular complexity index is 1620. The van der Waals surface area contributed by atoms with E-state index in [1.54, 1.807) is 36.4 Å². The molecule has 1 aromatic heterocycles. The molecule has 0 saturated carbocycles. The molecule has 2 aliphatic heterocycles. The number of Topliss-reactive ketones (excluding diaryl/α,β-unsaturated/α-hetero) is 1. The molecule has 0 aliphatic carbocycles. The Morgan fingerprint density at radius 1 is 0.925 bits per heavy atom. The van der Waals surface area contributed by atoms with E-state index in [0.29, 0.717) is 28.0 Å². The number of ketones is 1. The second-order valence-electron chi connectivity index (χ2n) is 10.1. The van der Waals surface area contributed by atoms with Gasteiger partial charge in [0.2, 0.25) is 5.78 Å². The summed E-state index contributed by atoms with van der Waals surface area (Å²) < 4.78 is 11.2. The molecule has 0 spiro atoms. The van der Waals surface area contributed by atoms with Crippen LogP contribution in [0.15, 0.2) is 88.5 Å². The van der Waals surface area contributed by atoms with Crippen LogP contribution in [0.2, 0.25) is 0 Å². The van der Waals surface area contributed by atoms with Crippen LogP contribution in [0, 0.1) is 0 Å². The van der Waals surface area contributed by atoms with Gasteiger partial charge in [-0.25, -0.2) is 0 Å². The summed E-state index contributed by atoms with van der Waals surface area (Å²) in [5, 5.41) is 21.7. The van der Waals surface area contributed by atoms with Crippen molar-refractivity contribution in [1.82, 2.24) is 4.90 Å². The van der Waals surface area contributed by atoms with Crippen molar-refractivity contribution in [2.24, 2.45) is 0 Å². The zero-order valence-electron chi connectivity index (χ0n) is 22.2. The minimum atomic E-state index is -0.940. The number of furan rings is 1. The molecule has 1 saturated heterocycles. The number of rotatable bonds is 6. The second kappa shape index (κ2) is 10.1. The molecule has 2 aliphatic rings. The predicted molar refractivity (Wildman–Crippen MR) is 151 cm³/mol. The number of fused-ring (bicyclic) bond motifs is 1. The van der Waals surface area contributed by atoms with E-state index in [2.05, 4.69) is 16.8 Å². The number of piperazine rings is 1. The van der Waals surface area contributed by atoms with Crippen molar-refractivity contribution in [2.75, 3.05) is 50.1 Å². The van der Waals surface area contributed by atoms with Crippen molar-refractivity contribution in [1.29, 1.82) is 0 Å². The summed E-state index contributed by atoms with van der Waals surface area (Å²) in [6.45, 7) is 3.73. The van der Waals surface area contributed by atoms with Gasteiger partial charge in [-0.2, -0.15) is 0 Å². The van der Waals surface area contributed by atoms with E-state index in [4.69, 9.17) is 9.15 Å². The van der Waals surface area contributed by atoms with Gasteiger partial charge >= 0.3 is 0 Å². The number of hydrogen-bond acceptors (Lipinski definition) is 8. The van der Waals surface area contributed by atoms with Crippen LogP contribution < -0.4 is 14.5 Å². The molecule has 3 aromatic carbocycles.